The Bertz CT molecular complexity index is 984. The van der Waals surface area contributed by atoms with E-state index in [1.807, 2.05) is 30.3 Å². The summed E-state index contributed by atoms with van der Waals surface area (Å²) in [6, 6.07) is 11.4. The summed E-state index contributed by atoms with van der Waals surface area (Å²) >= 11 is 6.11. The minimum Gasteiger partial charge on any atom is -0.491 e. The summed E-state index contributed by atoms with van der Waals surface area (Å²) in [7, 11) is 0. The lowest BCUT2D eigenvalue weighted by Crippen LogP contribution is -2.51. The average molecular weight is 490 g/mol. The van der Waals surface area contributed by atoms with Gasteiger partial charge >= 0.3 is 5.97 Å². The van der Waals surface area contributed by atoms with Crippen molar-refractivity contribution in [2.75, 3.05) is 6.61 Å². The fraction of sp³-hybridized carbons (Fsp3) is 0.400. The van der Waals surface area contributed by atoms with E-state index in [-0.39, 0.29) is 30.4 Å². The van der Waals surface area contributed by atoms with Crippen molar-refractivity contribution in [1.29, 1.82) is 0 Å². The van der Waals surface area contributed by atoms with E-state index in [1.54, 1.807) is 6.07 Å². The molecular weight excluding hydrogens is 458 g/mol. The lowest BCUT2D eigenvalue weighted by atomic mass is 10.0. The molecule has 2 aromatic rings. The molecule has 2 rings (SSSR count). The molecule has 0 aliphatic heterocycles. The molecule has 2 aromatic carbocycles. The molecule has 0 bridgehead atoms. The Kier molecular flexibility index (Phi) is 10.3. The molecule has 0 radical (unpaired) electrons. The van der Waals surface area contributed by atoms with Crippen molar-refractivity contribution >= 4 is 29.4 Å². The number of carbonyl (C=O) groups is 3. The topological polar surface area (TPSA) is 131 Å². The number of amides is 2. The summed E-state index contributed by atoms with van der Waals surface area (Å²) in [4.78, 5) is 37.2. The number of carboxylic acids is 1. The van der Waals surface area contributed by atoms with Gasteiger partial charge < -0.3 is 26.2 Å². The monoisotopic (exact) mass is 489 g/mol. The van der Waals surface area contributed by atoms with Gasteiger partial charge in [-0.2, -0.15) is 0 Å². The number of nitrogens with two attached hydrogens (primary N) is 1. The van der Waals surface area contributed by atoms with Crippen molar-refractivity contribution in [2.24, 2.45) is 11.7 Å². The molecule has 0 fully saturated rings. The van der Waals surface area contributed by atoms with Gasteiger partial charge in [0.05, 0.1) is 5.56 Å². The Balaban J connectivity index is 2.22. The zero-order valence-corrected chi connectivity index (χ0v) is 20.3. The number of hydrogen-bond acceptors (Lipinski definition) is 5. The quantitative estimate of drug-likeness (QED) is 0.362. The normalized spacial score (nSPS) is 13.6. The molecule has 0 aromatic heterocycles. The van der Waals surface area contributed by atoms with E-state index in [0.717, 1.165) is 12.0 Å². The maximum atomic E-state index is 13.2. The van der Waals surface area contributed by atoms with Crippen LogP contribution in [0.2, 0.25) is 5.02 Å². The molecule has 0 aliphatic rings. The zero-order valence-electron chi connectivity index (χ0n) is 19.6. The Morgan fingerprint density at radius 3 is 2.35 bits per heavy atom. The molecule has 0 saturated carbocycles. The highest BCUT2D eigenvalue weighted by molar-refractivity contribution is 6.30. The van der Waals surface area contributed by atoms with Crippen LogP contribution in [0.1, 0.15) is 43.1 Å². The van der Waals surface area contributed by atoms with Crippen molar-refractivity contribution in [3.05, 3.63) is 64.7 Å². The zero-order chi connectivity index (χ0) is 25.3. The van der Waals surface area contributed by atoms with Crippen molar-refractivity contribution < 1.29 is 24.2 Å². The van der Waals surface area contributed by atoms with Crippen LogP contribution < -0.4 is 21.1 Å². The number of halogens is 1. The van der Waals surface area contributed by atoms with Gasteiger partial charge in [-0.1, -0.05) is 55.8 Å². The Labute approximate surface area is 204 Å². The predicted molar refractivity (Wildman–Crippen MR) is 131 cm³/mol. The first-order valence-electron chi connectivity index (χ1n) is 11.1. The SMILES string of the molecule is CC(C)C[C@@H](N)COc1cc(Cl)ccc1C(=O)N[C@@H](Cc1ccccc1)C(=O)N[C@@H](C)C(=O)O. The third-order valence-corrected chi connectivity index (χ3v) is 5.28. The van der Waals surface area contributed by atoms with E-state index >= 15 is 0 Å². The van der Waals surface area contributed by atoms with Crippen molar-refractivity contribution in [3.63, 3.8) is 0 Å². The van der Waals surface area contributed by atoms with E-state index in [4.69, 9.17) is 27.2 Å². The Morgan fingerprint density at radius 1 is 1.06 bits per heavy atom. The highest BCUT2D eigenvalue weighted by Crippen LogP contribution is 2.24. The number of hydrogen-bond donors (Lipinski definition) is 4. The highest BCUT2D eigenvalue weighted by Gasteiger charge is 2.26. The van der Waals surface area contributed by atoms with E-state index in [9.17, 15) is 14.4 Å². The summed E-state index contributed by atoms with van der Waals surface area (Å²) in [5.74, 6) is -1.69. The average Bonchev–Trinajstić information content (AvgIpc) is 2.77. The number of carboxylic acid groups (broad SMARTS) is 1. The molecular formula is C25H32ClN3O5. The van der Waals surface area contributed by atoms with Gasteiger partial charge in [-0.05, 0) is 43.0 Å². The predicted octanol–water partition coefficient (Wildman–Crippen LogP) is 3.02. The molecule has 34 heavy (non-hydrogen) atoms. The first-order chi connectivity index (χ1) is 16.1. The van der Waals surface area contributed by atoms with Crippen LogP contribution >= 0.6 is 11.6 Å². The van der Waals surface area contributed by atoms with Gasteiger partial charge in [0.1, 0.15) is 24.4 Å². The molecule has 9 heteroatoms. The molecule has 8 nitrogen and oxygen atoms in total. The van der Waals surface area contributed by atoms with Crippen LogP contribution in [0.5, 0.6) is 5.75 Å². The lowest BCUT2D eigenvalue weighted by molar-refractivity contribution is -0.141. The number of benzene rings is 2. The van der Waals surface area contributed by atoms with E-state index in [1.165, 1.54) is 19.1 Å². The summed E-state index contributed by atoms with van der Waals surface area (Å²) in [5.41, 5.74) is 7.10. The smallest absolute Gasteiger partial charge is 0.325 e. The molecule has 0 saturated heterocycles. The second kappa shape index (κ2) is 13.0. The van der Waals surface area contributed by atoms with Crippen molar-refractivity contribution in [2.45, 2.75) is 51.7 Å². The van der Waals surface area contributed by atoms with Crippen LogP contribution in [0.3, 0.4) is 0 Å². The molecule has 0 unspecified atom stereocenters. The van der Waals surface area contributed by atoms with E-state index in [0.29, 0.717) is 10.9 Å². The second-order valence-electron chi connectivity index (χ2n) is 8.63. The van der Waals surface area contributed by atoms with Gasteiger partial charge in [0.15, 0.2) is 0 Å². The number of ether oxygens (including phenoxy) is 1. The minimum absolute atomic E-state index is 0.174. The van der Waals surface area contributed by atoms with Gasteiger partial charge in [0.25, 0.3) is 5.91 Å². The van der Waals surface area contributed by atoms with Crippen LogP contribution in [0.4, 0.5) is 0 Å². The highest BCUT2D eigenvalue weighted by atomic mass is 35.5. The number of aliphatic carboxylic acids is 1. The lowest BCUT2D eigenvalue weighted by Gasteiger charge is -2.21. The first-order valence-corrected chi connectivity index (χ1v) is 11.5. The Hall–Kier alpha value is -3.10. The number of nitrogens with one attached hydrogen (secondary N) is 2. The number of rotatable bonds is 12. The summed E-state index contributed by atoms with van der Waals surface area (Å²) < 4.78 is 5.81. The molecule has 0 spiro atoms. The van der Waals surface area contributed by atoms with Crippen LogP contribution in [0.15, 0.2) is 48.5 Å². The molecule has 2 amide bonds. The van der Waals surface area contributed by atoms with Crippen molar-refractivity contribution in [3.8, 4) is 5.75 Å². The second-order valence-corrected chi connectivity index (χ2v) is 9.06. The number of carbonyl (C=O) groups excluding carboxylic acids is 2. The van der Waals surface area contributed by atoms with Crippen molar-refractivity contribution in [1.82, 2.24) is 10.6 Å². The van der Waals surface area contributed by atoms with Crippen LogP contribution in [-0.4, -0.2) is 47.6 Å². The van der Waals surface area contributed by atoms with Gasteiger partial charge in [0, 0.05) is 17.5 Å². The van der Waals surface area contributed by atoms with Gasteiger partial charge in [-0.3, -0.25) is 14.4 Å². The third kappa shape index (κ3) is 8.68. The van der Waals surface area contributed by atoms with Crippen LogP contribution in [-0.2, 0) is 16.0 Å². The van der Waals surface area contributed by atoms with E-state index < -0.39 is 29.9 Å². The van der Waals surface area contributed by atoms with Gasteiger partial charge in [-0.25, -0.2) is 0 Å². The maximum Gasteiger partial charge on any atom is 0.325 e. The fourth-order valence-electron chi connectivity index (χ4n) is 3.34. The first kappa shape index (κ1) is 27.1. The molecule has 0 heterocycles. The minimum atomic E-state index is -1.18. The maximum absolute atomic E-state index is 13.2. The van der Waals surface area contributed by atoms with Gasteiger partial charge in [-0.15, -0.1) is 0 Å². The fourth-order valence-corrected chi connectivity index (χ4v) is 3.51. The van der Waals surface area contributed by atoms with E-state index in [2.05, 4.69) is 24.5 Å². The summed E-state index contributed by atoms with van der Waals surface area (Å²) in [6.07, 6.45) is 0.928. The standard InChI is InChI=1S/C25H32ClN3O5/c1-15(2)11-19(27)14-34-22-13-18(26)9-10-20(22)23(30)29-21(12-17-7-5-4-6-8-17)24(31)28-16(3)25(32)33/h4-10,13,15-16,19,21H,11-12,14,27H2,1-3H3,(H,28,31)(H,29,30)(H,32,33)/t16-,19+,21-/m0/s1. The largest absolute Gasteiger partial charge is 0.491 e. The van der Waals surface area contributed by atoms with Gasteiger partial charge in [0.2, 0.25) is 5.91 Å². The molecule has 184 valence electrons. The molecule has 3 atom stereocenters. The van der Waals surface area contributed by atoms with Crippen LogP contribution in [0, 0.1) is 5.92 Å². The summed E-state index contributed by atoms with van der Waals surface area (Å²) in [5, 5.41) is 14.7. The Morgan fingerprint density at radius 2 is 1.74 bits per heavy atom. The van der Waals surface area contributed by atoms with Crippen LogP contribution in [0.25, 0.3) is 0 Å². The summed E-state index contributed by atoms with van der Waals surface area (Å²) in [6.45, 7) is 5.67. The molecule has 5 N–H and O–H groups in total. The molecule has 0 aliphatic carbocycles. The third-order valence-electron chi connectivity index (χ3n) is 5.05.